The maximum atomic E-state index is 13.1. The van der Waals surface area contributed by atoms with Gasteiger partial charge in [0.1, 0.15) is 0 Å². The van der Waals surface area contributed by atoms with Crippen molar-refractivity contribution in [2.75, 3.05) is 7.11 Å². The molecule has 106 valence electrons. The highest BCUT2D eigenvalue weighted by Gasteiger charge is 2.37. The van der Waals surface area contributed by atoms with Crippen LogP contribution in [0.5, 0.6) is 0 Å². The first-order valence-electron chi connectivity index (χ1n) is 5.96. The summed E-state index contributed by atoms with van der Waals surface area (Å²) < 4.78 is 44.3. The second-order valence-corrected chi connectivity index (χ2v) is 4.63. The van der Waals surface area contributed by atoms with Crippen molar-refractivity contribution in [1.29, 1.82) is 0 Å². The Labute approximate surface area is 111 Å². The fourth-order valence-corrected chi connectivity index (χ4v) is 1.98. The highest BCUT2D eigenvalue weighted by Crippen LogP contribution is 2.40. The van der Waals surface area contributed by atoms with Crippen molar-refractivity contribution in [3.05, 3.63) is 29.2 Å². The maximum Gasteiger partial charge on any atom is 0.433 e. The lowest BCUT2D eigenvalue weighted by molar-refractivity contribution is -0.142. The van der Waals surface area contributed by atoms with E-state index in [2.05, 4.69) is 14.8 Å². The number of carbonyl (C=O) groups excluding carboxylic acids is 1. The van der Waals surface area contributed by atoms with E-state index in [1.54, 1.807) is 0 Å². The fraction of sp³-hybridized carbons (Fsp3) is 0.417. The van der Waals surface area contributed by atoms with Crippen LogP contribution >= 0.6 is 0 Å². The molecule has 1 saturated carbocycles. The van der Waals surface area contributed by atoms with Gasteiger partial charge in [-0.25, -0.2) is 14.3 Å². The number of alkyl halides is 3. The standard InChI is InChI=1S/C12H10F3N3O2/c1-20-11(19)8-4-9(12(13,14)15)18-10(16-8)5-7(17-18)6-2-3-6/h4-6H,2-3H2,1H3. The Balaban J connectivity index is 2.23. The first-order valence-corrected chi connectivity index (χ1v) is 5.96. The molecule has 0 atom stereocenters. The largest absolute Gasteiger partial charge is 0.464 e. The van der Waals surface area contributed by atoms with E-state index < -0.39 is 17.8 Å². The summed E-state index contributed by atoms with van der Waals surface area (Å²) in [6, 6.07) is 2.14. The van der Waals surface area contributed by atoms with Gasteiger partial charge >= 0.3 is 12.1 Å². The van der Waals surface area contributed by atoms with Crippen LogP contribution in [0.25, 0.3) is 5.65 Å². The smallest absolute Gasteiger partial charge is 0.433 e. The van der Waals surface area contributed by atoms with Gasteiger partial charge in [0.05, 0.1) is 12.8 Å². The van der Waals surface area contributed by atoms with E-state index in [0.717, 1.165) is 24.5 Å². The number of fused-ring (bicyclic) bond motifs is 1. The molecule has 20 heavy (non-hydrogen) atoms. The number of hydrogen-bond donors (Lipinski definition) is 0. The summed E-state index contributed by atoms with van der Waals surface area (Å²) in [6.07, 6.45) is -2.80. The van der Waals surface area contributed by atoms with Crippen molar-refractivity contribution >= 4 is 11.6 Å². The summed E-state index contributed by atoms with van der Waals surface area (Å²) >= 11 is 0. The lowest BCUT2D eigenvalue weighted by atomic mass is 10.3. The van der Waals surface area contributed by atoms with E-state index in [-0.39, 0.29) is 17.3 Å². The first kappa shape index (κ1) is 12.9. The Morgan fingerprint density at radius 1 is 1.40 bits per heavy atom. The quantitative estimate of drug-likeness (QED) is 0.795. The summed E-state index contributed by atoms with van der Waals surface area (Å²) in [6.45, 7) is 0. The second kappa shape index (κ2) is 4.19. The van der Waals surface area contributed by atoms with Crippen molar-refractivity contribution in [2.45, 2.75) is 24.9 Å². The average Bonchev–Trinajstić information content (AvgIpc) is 3.15. The Morgan fingerprint density at radius 2 is 2.10 bits per heavy atom. The van der Waals surface area contributed by atoms with Gasteiger partial charge in [0, 0.05) is 18.1 Å². The van der Waals surface area contributed by atoms with Crippen molar-refractivity contribution < 1.29 is 22.7 Å². The molecule has 3 rings (SSSR count). The van der Waals surface area contributed by atoms with Gasteiger partial charge in [0.15, 0.2) is 17.0 Å². The van der Waals surface area contributed by atoms with Gasteiger partial charge in [-0.2, -0.15) is 18.3 Å². The normalized spacial score (nSPS) is 15.6. The molecule has 0 N–H and O–H groups in total. The van der Waals surface area contributed by atoms with Crippen LogP contribution in [0, 0.1) is 0 Å². The molecule has 8 heteroatoms. The Kier molecular flexibility index (Phi) is 2.70. The van der Waals surface area contributed by atoms with Crippen LogP contribution in [-0.2, 0) is 10.9 Å². The van der Waals surface area contributed by atoms with Gasteiger partial charge in [-0.1, -0.05) is 0 Å². The SMILES string of the molecule is COC(=O)c1cc(C(F)(F)F)n2nc(C3CC3)cc2n1. The topological polar surface area (TPSA) is 56.5 Å². The van der Waals surface area contributed by atoms with Crippen molar-refractivity contribution in [1.82, 2.24) is 14.6 Å². The Morgan fingerprint density at radius 3 is 2.65 bits per heavy atom. The van der Waals surface area contributed by atoms with Crippen LogP contribution in [0.4, 0.5) is 13.2 Å². The van der Waals surface area contributed by atoms with Crippen LogP contribution in [-0.4, -0.2) is 27.7 Å². The molecule has 1 fully saturated rings. The minimum absolute atomic E-state index is 0.00197. The van der Waals surface area contributed by atoms with Gasteiger partial charge in [0.25, 0.3) is 0 Å². The van der Waals surface area contributed by atoms with Gasteiger partial charge < -0.3 is 4.74 Å². The van der Waals surface area contributed by atoms with Crippen molar-refractivity contribution in [3.63, 3.8) is 0 Å². The van der Waals surface area contributed by atoms with Crippen LogP contribution in [0.1, 0.15) is 40.6 Å². The summed E-state index contributed by atoms with van der Waals surface area (Å²) in [5, 5.41) is 3.95. The molecule has 5 nitrogen and oxygen atoms in total. The number of aromatic nitrogens is 3. The Hall–Kier alpha value is -2.12. The molecule has 2 aromatic rings. The number of nitrogens with zero attached hydrogens (tertiary/aromatic N) is 3. The number of halogens is 3. The number of ether oxygens (including phenoxy) is 1. The highest BCUT2D eigenvalue weighted by atomic mass is 19.4. The van der Waals surface area contributed by atoms with Crippen LogP contribution in [0.3, 0.4) is 0 Å². The number of hydrogen-bond acceptors (Lipinski definition) is 4. The molecule has 2 aromatic heterocycles. The third kappa shape index (κ3) is 2.10. The molecule has 0 saturated heterocycles. The minimum atomic E-state index is -4.63. The van der Waals surface area contributed by atoms with Gasteiger partial charge in [-0.05, 0) is 12.8 Å². The van der Waals surface area contributed by atoms with Crippen molar-refractivity contribution in [2.24, 2.45) is 0 Å². The zero-order valence-electron chi connectivity index (χ0n) is 10.4. The molecule has 1 aliphatic carbocycles. The number of methoxy groups -OCH3 is 1. The van der Waals surface area contributed by atoms with Crippen LogP contribution in [0.2, 0.25) is 0 Å². The predicted molar refractivity (Wildman–Crippen MR) is 61.3 cm³/mol. The molecule has 0 aliphatic heterocycles. The number of esters is 1. The maximum absolute atomic E-state index is 13.1. The Bertz CT molecular complexity index is 689. The molecular formula is C12H10F3N3O2. The summed E-state index contributed by atoms with van der Waals surface area (Å²) in [7, 11) is 1.09. The molecule has 2 heterocycles. The second-order valence-electron chi connectivity index (χ2n) is 4.63. The van der Waals surface area contributed by atoms with E-state index in [1.807, 2.05) is 0 Å². The monoisotopic (exact) mass is 285 g/mol. The molecule has 0 amide bonds. The van der Waals surface area contributed by atoms with E-state index in [1.165, 1.54) is 6.07 Å². The van der Waals surface area contributed by atoms with Crippen LogP contribution in [0.15, 0.2) is 12.1 Å². The first-order chi connectivity index (χ1) is 9.40. The molecule has 0 radical (unpaired) electrons. The molecule has 0 spiro atoms. The van der Waals surface area contributed by atoms with E-state index in [0.29, 0.717) is 11.8 Å². The zero-order chi connectivity index (χ0) is 14.5. The third-order valence-corrected chi connectivity index (χ3v) is 3.13. The van der Waals surface area contributed by atoms with Gasteiger partial charge in [0.2, 0.25) is 0 Å². The van der Waals surface area contributed by atoms with Gasteiger partial charge in [-0.15, -0.1) is 0 Å². The summed E-state index contributed by atoms with van der Waals surface area (Å²) in [4.78, 5) is 15.3. The van der Waals surface area contributed by atoms with Crippen LogP contribution < -0.4 is 0 Å². The number of carbonyl (C=O) groups is 1. The van der Waals surface area contributed by atoms with E-state index >= 15 is 0 Å². The third-order valence-electron chi connectivity index (χ3n) is 3.13. The lowest BCUT2D eigenvalue weighted by Crippen LogP contribution is -2.16. The molecular weight excluding hydrogens is 275 g/mol. The zero-order valence-corrected chi connectivity index (χ0v) is 10.4. The summed E-state index contributed by atoms with van der Waals surface area (Å²) in [5.41, 5.74) is -0.837. The van der Waals surface area contributed by atoms with E-state index in [4.69, 9.17) is 0 Å². The van der Waals surface area contributed by atoms with Crippen molar-refractivity contribution in [3.8, 4) is 0 Å². The number of rotatable bonds is 2. The molecule has 1 aliphatic rings. The lowest BCUT2D eigenvalue weighted by Gasteiger charge is -2.09. The molecule has 0 aromatic carbocycles. The molecule has 0 unspecified atom stereocenters. The molecule has 0 bridgehead atoms. The van der Waals surface area contributed by atoms with Gasteiger partial charge in [-0.3, -0.25) is 0 Å². The predicted octanol–water partition coefficient (Wildman–Crippen LogP) is 2.41. The fourth-order valence-electron chi connectivity index (χ4n) is 1.98. The minimum Gasteiger partial charge on any atom is -0.464 e. The summed E-state index contributed by atoms with van der Waals surface area (Å²) in [5.74, 6) is -0.716. The average molecular weight is 285 g/mol. The highest BCUT2D eigenvalue weighted by molar-refractivity contribution is 5.87. The van der Waals surface area contributed by atoms with E-state index in [9.17, 15) is 18.0 Å².